The number of halogens is 3. The first-order valence-electron chi connectivity index (χ1n) is 9.61. The van der Waals surface area contributed by atoms with E-state index in [9.17, 15) is 22.8 Å². The van der Waals surface area contributed by atoms with Crippen LogP contribution in [0.5, 0.6) is 11.5 Å². The number of carbonyl (C=O) groups excluding carboxylic acids is 2. The van der Waals surface area contributed by atoms with Crippen molar-refractivity contribution in [3.63, 3.8) is 0 Å². The summed E-state index contributed by atoms with van der Waals surface area (Å²) in [5.74, 6) is 0.313. The van der Waals surface area contributed by atoms with Gasteiger partial charge in [0.1, 0.15) is 6.54 Å². The van der Waals surface area contributed by atoms with Gasteiger partial charge in [-0.2, -0.15) is 13.2 Å². The summed E-state index contributed by atoms with van der Waals surface area (Å²) in [5.41, 5.74) is -0.689. The Bertz CT molecular complexity index is 1030. The third-order valence-electron chi connectivity index (χ3n) is 4.84. The standard InChI is InChI=1S/C21H19F3N2O4S/c1-12(31-14-4-6-17-18(10-14)30-8-2-7-29-17)20(28)26-11-19(27)25-15-9-13(21(22,23)24)3-5-16(15)26/h3-6,9-10,12H,2,7-8,11H2,1H3,(H,25,27)/t12-/m0/s1. The second-order valence-corrected chi connectivity index (χ2v) is 8.54. The van der Waals surface area contributed by atoms with Crippen LogP contribution in [-0.4, -0.2) is 36.8 Å². The molecule has 0 fully saturated rings. The molecule has 6 nitrogen and oxygen atoms in total. The summed E-state index contributed by atoms with van der Waals surface area (Å²) < 4.78 is 50.3. The SMILES string of the molecule is C[C@H](Sc1ccc2c(c1)OCCCO2)C(=O)N1CC(=O)Nc2cc(C(F)(F)F)ccc21. The minimum Gasteiger partial charge on any atom is -0.490 e. The van der Waals surface area contributed by atoms with Crippen LogP contribution in [0.2, 0.25) is 0 Å². The van der Waals surface area contributed by atoms with Gasteiger partial charge in [-0.1, -0.05) is 0 Å². The minimum absolute atomic E-state index is 0.0350. The number of ether oxygens (including phenoxy) is 2. The first-order valence-corrected chi connectivity index (χ1v) is 10.5. The molecule has 2 heterocycles. The Hall–Kier alpha value is -2.88. The lowest BCUT2D eigenvalue weighted by Gasteiger charge is -2.31. The Morgan fingerprint density at radius 2 is 1.87 bits per heavy atom. The average molecular weight is 452 g/mol. The van der Waals surface area contributed by atoms with Crippen molar-refractivity contribution < 1.29 is 32.2 Å². The number of rotatable bonds is 3. The van der Waals surface area contributed by atoms with E-state index in [2.05, 4.69) is 5.32 Å². The molecule has 1 atom stereocenters. The molecule has 10 heteroatoms. The fourth-order valence-corrected chi connectivity index (χ4v) is 4.31. The van der Waals surface area contributed by atoms with Gasteiger partial charge in [0.25, 0.3) is 0 Å². The fraction of sp³-hybridized carbons (Fsp3) is 0.333. The Morgan fingerprint density at radius 1 is 1.13 bits per heavy atom. The number of thioether (sulfide) groups is 1. The summed E-state index contributed by atoms with van der Waals surface area (Å²) >= 11 is 1.27. The summed E-state index contributed by atoms with van der Waals surface area (Å²) in [7, 11) is 0. The molecule has 164 valence electrons. The third-order valence-corrected chi connectivity index (χ3v) is 5.92. The molecule has 0 bridgehead atoms. The van der Waals surface area contributed by atoms with Crippen LogP contribution in [0, 0.1) is 0 Å². The van der Waals surface area contributed by atoms with E-state index in [1.165, 1.54) is 22.7 Å². The average Bonchev–Trinajstić information content (AvgIpc) is 2.96. The van der Waals surface area contributed by atoms with Crippen molar-refractivity contribution in [1.29, 1.82) is 0 Å². The van der Waals surface area contributed by atoms with Crippen LogP contribution >= 0.6 is 11.8 Å². The highest BCUT2D eigenvalue weighted by atomic mass is 32.2. The van der Waals surface area contributed by atoms with E-state index in [-0.39, 0.29) is 23.8 Å². The van der Waals surface area contributed by atoms with E-state index in [1.54, 1.807) is 19.1 Å². The maximum absolute atomic E-state index is 13.1. The number of nitrogens with zero attached hydrogens (tertiary/aromatic N) is 1. The Balaban J connectivity index is 1.54. The van der Waals surface area contributed by atoms with Crippen LogP contribution in [0.1, 0.15) is 18.9 Å². The molecule has 0 aliphatic carbocycles. The number of amides is 2. The van der Waals surface area contributed by atoms with Gasteiger partial charge in [0.05, 0.1) is 35.4 Å². The molecule has 31 heavy (non-hydrogen) atoms. The Labute approximate surface area is 180 Å². The highest BCUT2D eigenvalue weighted by Gasteiger charge is 2.35. The molecule has 0 radical (unpaired) electrons. The van der Waals surface area contributed by atoms with E-state index < -0.39 is 22.9 Å². The lowest BCUT2D eigenvalue weighted by atomic mass is 10.1. The predicted molar refractivity (Wildman–Crippen MR) is 110 cm³/mol. The summed E-state index contributed by atoms with van der Waals surface area (Å²) in [6.45, 7) is 2.53. The molecule has 0 spiro atoms. The number of carbonyl (C=O) groups is 2. The summed E-state index contributed by atoms with van der Waals surface area (Å²) in [6, 6.07) is 8.34. The molecular formula is C21H19F3N2O4S. The van der Waals surface area contributed by atoms with Gasteiger partial charge in [-0.15, -0.1) is 11.8 Å². The van der Waals surface area contributed by atoms with Gasteiger partial charge < -0.3 is 14.8 Å². The first kappa shape index (κ1) is 21.4. The zero-order valence-electron chi connectivity index (χ0n) is 16.5. The number of anilines is 2. The van der Waals surface area contributed by atoms with Gasteiger partial charge in [-0.25, -0.2) is 0 Å². The molecule has 4 rings (SSSR count). The first-order chi connectivity index (χ1) is 14.7. The lowest BCUT2D eigenvalue weighted by molar-refractivity contribution is -0.137. The number of benzene rings is 2. The van der Waals surface area contributed by atoms with Crippen molar-refractivity contribution in [1.82, 2.24) is 0 Å². The zero-order chi connectivity index (χ0) is 22.2. The van der Waals surface area contributed by atoms with E-state index in [0.717, 1.165) is 23.4 Å². The maximum Gasteiger partial charge on any atom is 0.416 e. The number of fused-ring (bicyclic) bond motifs is 2. The van der Waals surface area contributed by atoms with Gasteiger partial charge >= 0.3 is 6.18 Å². The fourth-order valence-electron chi connectivity index (χ4n) is 3.35. The van der Waals surface area contributed by atoms with E-state index in [1.807, 2.05) is 6.07 Å². The van der Waals surface area contributed by atoms with Gasteiger partial charge in [0.2, 0.25) is 11.8 Å². The molecule has 0 unspecified atom stereocenters. The number of nitrogens with one attached hydrogen (secondary N) is 1. The quantitative estimate of drug-likeness (QED) is 0.702. The normalized spacial score (nSPS) is 16.8. The molecular weight excluding hydrogens is 433 g/mol. The van der Waals surface area contributed by atoms with Crippen LogP contribution in [-0.2, 0) is 15.8 Å². The van der Waals surface area contributed by atoms with Crippen LogP contribution in [0.15, 0.2) is 41.3 Å². The van der Waals surface area contributed by atoms with Gasteiger partial charge in [0.15, 0.2) is 11.5 Å². The largest absolute Gasteiger partial charge is 0.490 e. The molecule has 2 aliphatic rings. The summed E-state index contributed by atoms with van der Waals surface area (Å²) in [6.07, 6.45) is -3.77. The van der Waals surface area contributed by atoms with Crippen molar-refractivity contribution in [3.8, 4) is 11.5 Å². The molecule has 1 N–H and O–H groups in total. The second kappa shape index (κ2) is 8.33. The third kappa shape index (κ3) is 4.58. The molecule has 2 amide bonds. The van der Waals surface area contributed by atoms with Crippen molar-refractivity contribution in [2.45, 2.75) is 29.7 Å². The van der Waals surface area contributed by atoms with E-state index in [4.69, 9.17) is 9.47 Å². The van der Waals surface area contributed by atoms with Crippen molar-refractivity contribution in [2.75, 3.05) is 30.0 Å². The van der Waals surface area contributed by atoms with Crippen molar-refractivity contribution in [3.05, 3.63) is 42.0 Å². The molecule has 2 aromatic rings. The second-order valence-electron chi connectivity index (χ2n) is 7.12. The summed E-state index contributed by atoms with van der Waals surface area (Å²) in [5, 5.41) is 1.82. The molecule has 2 aromatic carbocycles. The van der Waals surface area contributed by atoms with Crippen LogP contribution in [0.25, 0.3) is 0 Å². The molecule has 2 aliphatic heterocycles. The number of hydrogen-bond donors (Lipinski definition) is 1. The number of alkyl halides is 3. The van der Waals surface area contributed by atoms with Gasteiger partial charge in [-0.3, -0.25) is 14.5 Å². The highest BCUT2D eigenvalue weighted by Crippen LogP contribution is 2.39. The predicted octanol–water partition coefficient (Wildman–Crippen LogP) is 4.33. The zero-order valence-corrected chi connectivity index (χ0v) is 17.3. The lowest BCUT2D eigenvalue weighted by Crippen LogP contribution is -2.45. The van der Waals surface area contributed by atoms with Crippen LogP contribution in [0.3, 0.4) is 0 Å². The van der Waals surface area contributed by atoms with Crippen molar-refractivity contribution >= 4 is 35.0 Å². The van der Waals surface area contributed by atoms with Crippen LogP contribution < -0.4 is 19.7 Å². The Kier molecular flexibility index (Phi) is 5.74. The molecule has 0 aromatic heterocycles. The monoisotopic (exact) mass is 452 g/mol. The molecule has 0 saturated carbocycles. The smallest absolute Gasteiger partial charge is 0.416 e. The van der Waals surface area contributed by atoms with Crippen LogP contribution in [0.4, 0.5) is 24.5 Å². The van der Waals surface area contributed by atoms with Gasteiger partial charge in [-0.05, 0) is 43.3 Å². The van der Waals surface area contributed by atoms with Gasteiger partial charge in [0, 0.05) is 11.3 Å². The number of hydrogen-bond acceptors (Lipinski definition) is 5. The summed E-state index contributed by atoms with van der Waals surface area (Å²) in [4.78, 5) is 27.1. The minimum atomic E-state index is -4.55. The van der Waals surface area contributed by atoms with E-state index in [0.29, 0.717) is 24.7 Å². The molecule has 0 saturated heterocycles. The van der Waals surface area contributed by atoms with Crippen molar-refractivity contribution in [2.24, 2.45) is 0 Å². The highest BCUT2D eigenvalue weighted by molar-refractivity contribution is 8.00. The maximum atomic E-state index is 13.1. The topological polar surface area (TPSA) is 67.9 Å². The van der Waals surface area contributed by atoms with E-state index >= 15 is 0 Å². The Morgan fingerprint density at radius 3 is 2.61 bits per heavy atom.